The highest BCUT2D eigenvalue weighted by atomic mass is 32.2. The summed E-state index contributed by atoms with van der Waals surface area (Å²) < 4.78 is 47.9. The van der Waals surface area contributed by atoms with E-state index in [1.807, 2.05) is 0 Å². The first-order valence-electron chi connectivity index (χ1n) is 5.18. The lowest BCUT2D eigenvalue weighted by molar-refractivity contribution is 0.0950. The van der Waals surface area contributed by atoms with Crippen molar-refractivity contribution in [1.82, 2.24) is 0 Å². The SMILES string of the molecule is Cc1cc(C(=O)C(C)(C)S(C)(=O)=O)c(F)cc1F. The van der Waals surface area contributed by atoms with E-state index in [0.717, 1.165) is 12.3 Å². The molecule has 0 unspecified atom stereocenters. The minimum Gasteiger partial charge on any atom is -0.292 e. The van der Waals surface area contributed by atoms with Gasteiger partial charge in [0.25, 0.3) is 0 Å². The fourth-order valence-corrected chi connectivity index (χ4v) is 1.77. The van der Waals surface area contributed by atoms with Crippen LogP contribution in [0.15, 0.2) is 12.1 Å². The summed E-state index contributed by atoms with van der Waals surface area (Å²) in [4.78, 5) is 12.1. The number of aryl methyl sites for hydroxylation is 1. The van der Waals surface area contributed by atoms with Crippen LogP contribution in [0.3, 0.4) is 0 Å². The van der Waals surface area contributed by atoms with Crippen molar-refractivity contribution in [1.29, 1.82) is 0 Å². The molecular formula is C12H14F2O3S. The second-order valence-electron chi connectivity index (χ2n) is 4.69. The standard InChI is InChI=1S/C12H14F2O3S/c1-7-5-8(10(14)6-9(7)13)11(15)12(2,3)18(4,16)17/h5-6H,1-4H3. The van der Waals surface area contributed by atoms with Crippen molar-refractivity contribution in [3.63, 3.8) is 0 Å². The molecule has 0 N–H and O–H groups in total. The zero-order valence-electron chi connectivity index (χ0n) is 10.5. The Morgan fingerprint density at radius 1 is 1.17 bits per heavy atom. The molecule has 0 atom stereocenters. The molecular weight excluding hydrogens is 262 g/mol. The molecule has 0 fully saturated rings. The van der Waals surface area contributed by atoms with Crippen molar-refractivity contribution >= 4 is 15.6 Å². The molecule has 0 saturated carbocycles. The van der Waals surface area contributed by atoms with Gasteiger partial charge >= 0.3 is 0 Å². The largest absolute Gasteiger partial charge is 0.292 e. The van der Waals surface area contributed by atoms with Crippen LogP contribution in [0.1, 0.15) is 29.8 Å². The predicted octanol–water partition coefficient (Wildman–Crippen LogP) is 2.28. The number of hydrogen-bond donors (Lipinski definition) is 0. The molecule has 1 aromatic carbocycles. The zero-order chi connectivity index (χ0) is 14.3. The number of carbonyl (C=O) groups is 1. The maximum Gasteiger partial charge on any atom is 0.186 e. The molecule has 100 valence electrons. The molecule has 0 bridgehead atoms. The van der Waals surface area contributed by atoms with Crippen molar-refractivity contribution in [2.45, 2.75) is 25.5 Å². The average Bonchev–Trinajstić information content (AvgIpc) is 2.20. The molecule has 0 saturated heterocycles. The third-order valence-corrected chi connectivity index (χ3v) is 5.01. The zero-order valence-corrected chi connectivity index (χ0v) is 11.4. The van der Waals surface area contributed by atoms with Crippen LogP contribution >= 0.6 is 0 Å². The van der Waals surface area contributed by atoms with Crippen LogP contribution in [-0.4, -0.2) is 25.2 Å². The first-order valence-corrected chi connectivity index (χ1v) is 7.07. The van der Waals surface area contributed by atoms with Gasteiger partial charge in [-0.05, 0) is 32.4 Å². The fraction of sp³-hybridized carbons (Fsp3) is 0.417. The molecule has 0 aromatic heterocycles. The van der Waals surface area contributed by atoms with Gasteiger partial charge in [0.15, 0.2) is 15.6 Å². The van der Waals surface area contributed by atoms with E-state index in [4.69, 9.17) is 0 Å². The quantitative estimate of drug-likeness (QED) is 0.796. The molecule has 3 nitrogen and oxygen atoms in total. The van der Waals surface area contributed by atoms with Gasteiger partial charge in [-0.15, -0.1) is 0 Å². The number of rotatable bonds is 3. The highest BCUT2D eigenvalue weighted by Gasteiger charge is 2.40. The molecule has 6 heteroatoms. The molecule has 1 aromatic rings. The minimum atomic E-state index is -3.70. The second kappa shape index (κ2) is 4.42. The van der Waals surface area contributed by atoms with E-state index in [1.165, 1.54) is 20.8 Å². The Labute approximate surface area is 105 Å². The number of carbonyl (C=O) groups excluding carboxylic acids is 1. The second-order valence-corrected chi connectivity index (χ2v) is 7.26. The molecule has 0 heterocycles. The Kier molecular flexibility index (Phi) is 3.63. The van der Waals surface area contributed by atoms with Gasteiger partial charge < -0.3 is 0 Å². The summed E-state index contributed by atoms with van der Waals surface area (Å²) in [5.74, 6) is -2.72. The number of benzene rings is 1. The van der Waals surface area contributed by atoms with Crippen molar-refractivity contribution < 1.29 is 22.0 Å². The summed E-state index contributed by atoms with van der Waals surface area (Å²) in [6.07, 6.45) is 0.902. The van der Waals surface area contributed by atoms with Crippen LogP contribution in [-0.2, 0) is 9.84 Å². The van der Waals surface area contributed by atoms with Crippen molar-refractivity contribution in [2.24, 2.45) is 0 Å². The average molecular weight is 276 g/mol. The number of hydrogen-bond acceptors (Lipinski definition) is 3. The fourth-order valence-electron chi connectivity index (χ4n) is 1.32. The number of sulfone groups is 1. The lowest BCUT2D eigenvalue weighted by Gasteiger charge is -2.21. The molecule has 0 aliphatic rings. The van der Waals surface area contributed by atoms with E-state index in [0.29, 0.717) is 6.07 Å². The third kappa shape index (κ3) is 2.43. The molecule has 0 amide bonds. The van der Waals surface area contributed by atoms with E-state index in [-0.39, 0.29) is 5.56 Å². The summed E-state index contributed by atoms with van der Waals surface area (Å²) in [5, 5.41) is 0. The predicted molar refractivity (Wildman–Crippen MR) is 64.3 cm³/mol. The van der Waals surface area contributed by atoms with Gasteiger partial charge in [0.1, 0.15) is 16.4 Å². The summed E-state index contributed by atoms with van der Waals surface area (Å²) in [7, 11) is -3.70. The number of halogens is 2. The van der Waals surface area contributed by atoms with Crippen LogP contribution in [0, 0.1) is 18.6 Å². The van der Waals surface area contributed by atoms with Crippen LogP contribution < -0.4 is 0 Å². The summed E-state index contributed by atoms with van der Waals surface area (Å²) in [6.45, 7) is 3.77. The van der Waals surface area contributed by atoms with E-state index in [1.54, 1.807) is 0 Å². The summed E-state index contributed by atoms with van der Waals surface area (Å²) in [5.41, 5.74) is -0.326. The maximum atomic E-state index is 13.5. The van der Waals surface area contributed by atoms with Crippen LogP contribution in [0.5, 0.6) is 0 Å². The van der Waals surface area contributed by atoms with Crippen molar-refractivity contribution in [3.05, 3.63) is 34.9 Å². The Morgan fingerprint density at radius 3 is 2.11 bits per heavy atom. The monoisotopic (exact) mass is 276 g/mol. The molecule has 0 radical (unpaired) electrons. The molecule has 0 aliphatic heterocycles. The van der Waals surface area contributed by atoms with E-state index in [2.05, 4.69) is 0 Å². The topological polar surface area (TPSA) is 51.2 Å². The maximum absolute atomic E-state index is 13.5. The molecule has 0 aliphatic carbocycles. The van der Waals surface area contributed by atoms with Crippen molar-refractivity contribution in [3.8, 4) is 0 Å². The van der Waals surface area contributed by atoms with Crippen molar-refractivity contribution in [2.75, 3.05) is 6.26 Å². The highest BCUT2D eigenvalue weighted by Crippen LogP contribution is 2.24. The van der Waals surface area contributed by atoms with E-state index >= 15 is 0 Å². The Hall–Kier alpha value is -1.30. The Morgan fingerprint density at radius 2 is 1.67 bits per heavy atom. The van der Waals surface area contributed by atoms with Crippen LogP contribution in [0.25, 0.3) is 0 Å². The lowest BCUT2D eigenvalue weighted by Crippen LogP contribution is -2.40. The highest BCUT2D eigenvalue weighted by molar-refractivity contribution is 7.92. The summed E-state index contributed by atoms with van der Waals surface area (Å²) >= 11 is 0. The molecule has 18 heavy (non-hydrogen) atoms. The lowest BCUT2D eigenvalue weighted by atomic mass is 9.98. The van der Waals surface area contributed by atoms with Gasteiger partial charge in [0.2, 0.25) is 0 Å². The van der Waals surface area contributed by atoms with Crippen LogP contribution in [0.4, 0.5) is 8.78 Å². The van der Waals surface area contributed by atoms with Gasteiger partial charge in [-0.2, -0.15) is 0 Å². The minimum absolute atomic E-state index is 0.0871. The third-order valence-electron chi connectivity index (χ3n) is 2.97. The smallest absolute Gasteiger partial charge is 0.186 e. The van der Waals surface area contributed by atoms with Gasteiger partial charge in [-0.1, -0.05) is 0 Å². The number of Topliss-reactive ketones (excluding diaryl/α,β-unsaturated/α-hetero) is 1. The number of ketones is 1. The van der Waals surface area contributed by atoms with E-state index < -0.39 is 37.6 Å². The Balaban J connectivity index is 3.42. The van der Waals surface area contributed by atoms with Gasteiger partial charge in [-0.25, -0.2) is 17.2 Å². The van der Waals surface area contributed by atoms with Crippen LogP contribution in [0.2, 0.25) is 0 Å². The summed E-state index contributed by atoms with van der Waals surface area (Å²) in [6, 6.07) is 1.61. The molecule has 1 rings (SSSR count). The molecule has 0 spiro atoms. The first-order chi connectivity index (χ1) is 7.98. The normalized spacial score (nSPS) is 12.6. The Bertz CT molecular complexity index is 604. The van der Waals surface area contributed by atoms with E-state index in [9.17, 15) is 22.0 Å². The van der Waals surface area contributed by atoms with Gasteiger partial charge in [0.05, 0.1) is 5.56 Å². The first kappa shape index (κ1) is 14.8. The van der Waals surface area contributed by atoms with Gasteiger partial charge in [0, 0.05) is 12.3 Å². The van der Waals surface area contributed by atoms with Gasteiger partial charge in [-0.3, -0.25) is 4.79 Å².